The van der Waals surface area contributed by atoms with Crippen molar-refractivity contribution in [3.63, 3.8) is 0 Å². The van der Waals surface area contributed by atoms with Crippen LogP contribution in [0.4, 0.5) is 0 Å². The fourth-order valence-corrected chi connectivity index (χ4v) is 3.53. The number of rotatable bonds is 8. The van der Waals surface area contributed by atoms with Gasteiger partial charge in [-0.05, 0) is 45.1 Å². The zero-order valence-electron chi connectivity index (χ0n) is 13.9. The second kappa shape index (κ2) is 8.52. The summed E-state index contributed by atoms with van der Waals surface area (Å²) in [5.41, 5.74) is 1.40. The molecule has 1 saturated heterocycles. The Balaban J connectivity index is 1.81. The normalized spacial score (nSPS) is 21.0. The molecule has 2 unspecified atom stereocenters. The monoisotopic (exact) mass is 289 g/mol. The molecule has 21 heavy (non-hydrogen) atoms. The summed E-state index contributed by atoms with van der Waals surface area (Å²) in [5.74, 6) is 0. The molecular weight excluding hydrogens is 258 g/mol. The van der Waals surface area contributed by atoms with Gasteiger partial charge in [-0.15, -0.1) is 0 Å². The van der Waals surface area contributed by atoms with Gasteiger partial charge in [-0.1, -0.05) is 44.2 Å². The quantitative estimate of drug-likeness (QED) is 0.794. The molecule has 3 heteroatoms. The van der Waals surface area contributed by atoms with Gasteiger partial charge in [-0.2, -0.15) is 0 Å². The molecular formula is C18H31N3. The predicted octanol–water partition coefficient (Wildman–Crippen LogP) is 2.75. The third kappa shape index (κ3) is 4.53. The first-order valence-electron chi connectivity index (χ1n) is 8.47. The number of hydrogen-bond acceptors (Lipinski definition) is 3. The average Bonchev–Trinajstić information content (AvgIpc) is 2.99. The van der Waals surface area contributed by atoms with Crippen LogP contribution in [0.3, 0.4) is 0 Å². The lowest BCUT2D eigenvalue weighted by Crippen LogP contribution is -2.37. The van der Waals surface area contributed by atoms with E-state index < -0.39 is 0 Å². The highest BCUT2D eigenvalue weighted by molar-refractivity contribution is 5.18. The van der Waals surface area contributed by atoms with Crippen molar-refractivity contribution in [2.45, 2.75) is 38.8 Å². The highest BCUT2D eigenvalue weighted by Gasteiger charge is 2.26. The molecule has 1 aromatic carbocycles. The van der Waals surface area contributed by atoms with E-state index in [1.807, 2.05) is 0 Å². The summed E-state index contributed by atoms with van der Waals surface area (Å²) in [6.45, 7) is 10.6. The van der Waals surface area contributed by atoms with E-state index in [9.17, 15) is 0 Å². The van der Waals surface area contributed by atoms with Crippen LogP contribution in [0.1, 0.15) is 38.3 Å². The molecule has 0 aliphatic carbocycles. The Morgan fingerprint density at radius 3 is 2.57 bits per heavy atom. The summed E-state index contributed by atoms with van der Waals surface area (Å²) in [4.78, 5) is 5.24. The SMILES string of the molecule is CCN(CC)C1CCN(CCC(NC)c2ccccc2)C1. The smallest absolute Gasteiger partial charge is 0.0329 e. The number of nitrogens with one attached hydrogen (secondary N) is 1. The van der Waals surface area contributed by atoms with Crippen LogP contribution in [0, 0.1) is 0 Å². The van der Waals surface area contributed by atoms with Gasteiger partial charge in [0.15, 0.2) is 0 Å². The van der Waals surface area contributed by atoms with E-state index in [-0.39, 0.29) is 0 Å². The van der Waals surface area contributed by atoms with Crippen LogP contribution in [-0.4, -0.2) is 55.6 Å². The van der Waals surface area contributed by atoms with E-state index in [2.05, 4.69) is 66.3 Å². The Morgan fingerprint density at radius 1 is 1.24 bits per heavy atom. The van der Waals surface area contributed by atoms with Crippen molar-refractivity contribution >= 4 is 0 Å². The van der Waals surface area contributed by atoms with E-state index in [0.29, 0.717) is 6.04 Å². The molecule has 1 N–H and O–H groups in total. The number of likely N-dealkylation sites (tertiary alicyclic amines) is 1. The summed E-state index contributed by atoms with van der Waals surface area (Å²) in [6.07, 6.45) is 2.52. The van der Waals surface area contributed by atoms with Crippen molar-refractivity contribution in [3.05, 3.63) is 35.9 Å². The Hall–Kier alpha value is -0.900. The molecule has 1 heterocycles. The van der Waals surface area contributed by atoms with Gasteiger partial charge >= 0.3 is 0 Å². The van der Waals surface area contributed by atoms with Gasteiger partial charge in [-0.25, -0.2) is 0 Å². The van der Waals surface area contributed by atoms with E-state index in [1.54, 1.807) is 0 Å². The molecule has 0 spiro atoms. The first-order valence-corrected chi connectivity index (χ1v) is 8.47. The summed E-state index contributed by atoms with van der Waals surface area (Å²) in [7, 11) is 2.07. The first kappa shape index (κ1) is 16.5. The Kier molecular flexibility index (Phi) is 6.68. The maximum absolute atomic E-state index is 3.46. The van der Waals surface area contributed by atoms with Crippen molar-refractivity contribution in [2.75, 3.05) is 39.8 Å². The van der Waals surface area contributed by atoms with Crippen molar-refractivity contribution in [1.29, 1.82) is 0 Å². The maximum atomic E-state index is 3.46. The van der Waals surface area contributed by atoms with Crippen LogP contribution in [0.25, 0.3) is 0 Å². The van der Waals surface area contributed by atoms with Gasteiger partial charge in [0.2, 0.25) is 0 Å². The number of hydrogen-bond donors (Lipinski definition) is 1. The number of benzene rings is 1. The van der Waals surface area contributed by atoms with Crippen molar-refractivity contribution in [1.82, 2.24) is 15.1 Å². The van der Waals surface area contributed by atoms with Crippen molar-refractivity contribution < 1.29 is 0 Å². The second-order valence-corrected chi connectivity index (χ2v) is 6.00. The van der Waals surface area contributed by atoms with E-state index in [1.165, 1.54) is 51.1 Å². The molecule has 1 aliphatic heterocycles. The molecule has 0 aromatic heterocycles. The lowest BCUT2D eigenvalue weighted by molar-refractivity contribution is 0.208. The minimum absolute atomic E-state index is 0.471. The molecule has 0 amide bonds. The predicted molar refractivity (Wildman–Crippen MR) is 90.6 cm³/mol. The third-order valence-electron chi connectivity index (χ3n) is 4.86. The first-order chi connectivity index (χ1) is 10.3. The molecule has 1 fully saturated rings. The lowest BCUT2D eigenvalue weighted by atomic mass is 10.0. The zero-order chi connectivity index (χ0) is 15.1. The van der Waals surface area contributed by atoms with Gasteiger partial charge in [0.05, 0.1) is 0 Å². The average molecular weight is 289 g/mol. The second-order valence-electron chi connectivity index (χ2n) is 6.00. The van der Waals surface area contributed by atoms with Crippen LogP contribution >= 0.6 is 0 Å². The van der Waals surface area contributed by atoms with Crippen molar-refractivity contribution in [2.24, 2.45) is 0 Å². The van der Waals surface area contributed by atoms with Crippen molar-refractivity contribution in [3.8, 4) is 0 Å². The molecule has 1 aromatic rings. The summed E-state index contributed by atoms with van der Waals surface area (Å²) >= 11 is 0. The fourth-order valence-electron chi connectivity index (χ4n) is 3.53. The number of nitrogens with zero attached hydrogens (tertiary/aromatic N) is 2. The highest BCUT2D eigenvalue weighted by atomic mass is 15.2. The third-order valence-corrected chi connectivity index (χ3v) is 4.86. The molecule has 0 saturated carbocycles. The van der Waals surface area contributed by atoms with Gasteiger partial charge in [0.1, 0.15) is 0 Å². The van der Waals surface area contributed by atoms with Crippen LogP contribution in [-0.2, 0) is 0 Å². The Labute approximate surface area is 130 Å². The molecule has 0 bridgehead atoms. The molecule has 1 aliphatic rings. The molecule has 118 valence electrons. The minimum atomic E-state index is 0.471. The Morgan fingerprint density at radius 2 is 1.95 bits per heavy atom. The van der Waals surface area contributed by atoms with Crippen LogP contribution in [0.2, 0.25) is 0 Å². The molecule has 0 radical (unpaired) electrons. The number of likely N-dealkylation sites (N-methyl/N-ethyl adjacent to an activating group) is 1. The van der Waals surface area contributed by atoms with E-state index in [4.69, 9.17) is 0 Å². The lowest BCUT2D eigenvalue weighted by Gasteiger charge is -2.26. The molecule has 2 atom stereocenters. The topological polar surface area (TPSA) is 18.5 Å². The van der Waals surface area contributed by atoms with Crippen LogP contribution in [0.15, 0.2) is 30.3 Å². The maximum Gasteiger partial charge on any atom is 0.0329 e. The largest absolute Gasteiger partial charge is 0.313 e. The standard InChI is InChI=1S/C18H31N3/c1-4-21(5-2)17-11-13-20(15-17)14-12-18(19-3)16-9-7-6-8-10-16/h6-10,17-19H,4-5,11-15H2,1-3H3. The summed E-state index contributed by atoms with van der Waals surface area (Å²) < 4.78 is 0. The molecule has 2 rings (SSSR count). The van der Waals surface area contributed by atoms with Gasteiger partial charge in [-0.3, -0.25) is 4.90 Å². The Bertz CT molecular complexity index is 389. The fraction of sp³-hybridized carbons (Fsp3) is 0.667. The highest BCUT2D eigenvalue weighted by Crippen LogP contribution is 2.20. The van der Waals surface area contributed by atoms with Crippen LogP contribution < -0.4 is 5.32 Å². The van der Waals surface area contributed by atoms with Crippen LogP contribution in [0.5, 0.6) is 0 Å². The summed E-state index contributed by atoms with van der Waals surface area (Å²) in [5, 5.41) is 3.46. The van der Waals surface area contributed by atoms with Gasteiger partial charge < -0.3 is 10.2 Å². The summed E-state index contributed by atoms with van der Waals surface area (Å²) in [6, 6.07) is 12.0. The minimum Gasteiger partial charge on any atom is -0.313 e. The van der Waals surface area contributed by atoms with Gasteiger partial charge in [0.25, 0.3) is 0 Å². The molecule has 3 nitrogen and oxygen atoms in total. The van der Waals surface area contributed by atoms with E-state index in [0.717, 1.165) is 6.04 Å². The van der Waals surface area contributed by atoms with Gasteiger partial charge in [0, 0.05) is 25.2 Å². The van der Waals surface area contributed by atoms with E-state index >= 15 is 0 Å². The zero-order valence-corrected chi connectivity index (χ0v) is 13.9.